The van der Waals surface area contributed by atoms with Crippen LogP contribution in [0.4, 0.5) is 5.69 Å². The van der Waals surface area contributed by atoms with Crippen molar-refractivity contribution >= 4 is 15.7 Å². The number of aryl methyl sites for hydroxylation is 2. The van der Waals surface area contributed by atoms with Crippen LogP contribution in [0.15, 0.2) is 33.7 Å². The molecule has 0 saturated carbocycles. The minimum atomic E-state index is -3.68. The predicted octanol–water partition coefficient (Wildman–Crippen LogP) is 2.26. The van der Waals surface area contributed by atoms with Crippen molar-refractivity contribution in [3.8, 4) is 0 Å². The highest BCUT2D eigenvalue weighted by atomic mass is 32.2. The lowest BCUT2D eigenvalue weighted by atomic mass is 10.1. The largest absolute Gasteiger partial charge is 0.399 e. The first-order valence-corrected chi connectivity index (χ1v) is 7.95. The van der Waals surface area contributed by atoms with Crippen molar-refractivity contribution in [3.05, 3.63) is 41.3 Å². The van der Waals surface area contributed by atoms with Gasteiger partial charge >= 0.3 is 0 Å². The quantitative estimate of drug-likeness (QED) is 0.875. The molecule has 1 aromatic carbocycles. The fourth-order valence-corrected chi connectivity index (χ4v) is 3.86. The lowest BCUT2D eigenvalue weighted by Gasteiger charge is -2.24. The number of nitrogen functional groups attached to an aromatic ring is 1. The Labute approximate surface area is 124 Å². The van der Waals surface area contributed by atoms with Gasteiger partial charge in [0.15, 0.2) is 5.76 Å². The fourth-order valence-electron chi connectivity index (χ4n) is 2.22. The average molecular weight is 309 g/mol. The Balaban J connectivity index is 2.41. The van der Waals surface area contributed by atoms with E-state index in [-0.39, 0.29) is 10.9 Å². The standard InChI is InChI=1S/C14H19N3O3S/c1-9-14(11(3)20-16-9)21(18,19)17(4)10(2)12-6-5-7-13(15)8-12/h5-8,10H,15H2,1-4H3. The molecule has 7 heteroatoms. The van der Waals surface area contributed by atoms with Gasteiger partial charge in [-0.15, -0.1) is 0 Å². The van der Waals surface area contributed by atoms with Crippen LogP contribution in [-0.2, 0) is 10.0 Å². The van der Waals surface area contributed by atoms with E-state index in [9.17, 15) is 8.42 Å². The molecule has 1 aromatic heterocycles. The molecule has 2 N–H and O–H groups in total. The Hall–Kier alpha value is -1.86. The molecule has 114 valence electrons. The molecule has 0 bridgehead atoms. The molecule has 0 aliphatic heterocycles. The number of hydrogen-bond acceptors (Lipinski definition) is 5. The van der Waals surface area contributed by atoms with Crippen LogP contribution >= 0.6 is 0 Å². The number of benzene rings is 1. The molecule has 1 heterocycles. The van der Waals surface area contributed by atoms with Gasteiger partial charge in [0, 0.05) is 18.8 Å². The molecular weight excluding hydrogens is 290 g/mol. The van der Waals surface area contributed by atoms with E-state index in [1.807, 2.05) is 13.0 Å². The summed E-state index contributed by atoms with van der Waals surface area (Å²) in [5.41, 5.74) is 7.54. The molecule has 0 aliphatic carbocycles. The Morgan fingerprint density at radius 2 is 2.00 bits per heavy atom. The van der Waals surface area contributed by atoms with Crippen LogP contribution < -0.4 is 5.73 Å². The third-order valence-electron chi connectivity index (χ3n) is 3.54. The highest BCUT2D eigenvalue weighted by Gasteiger charge is 2.31. The first-order valence-electron chi connectivity index (χ1n) is 6.51. The first kappa shape index (κ1) is 15.5. The van der Waals surface area contributed by atoms with Crippen LogP contribution in [0.5, 0.6) is 0 Å². The summed E-state index contributed by atoms with van der Waals surface area (Å²) in [7, 11) is -2.14. The van der Waals surface area contributed by atoms with Gasteiger partial charge in [-0.25, -0.2) is 8.42 Å². The molecule has 0 amide bonds. The number of nitrogens with two attached hydrogens (primary N) is 1. The van der Waals surface area contributed by atoms with Crippen molar-refractivity contribution in [2.75, 3.05) is 12.8 Å². The van der Waals surface area contributed by atoms with E-state index in [0.717, 1.165) is 5.56 Å². The molecule has 0 spiro atoms. The maximum atomic E-state index is 12.7. The van der Waals surface area contributed by atoms with Crippen molar-refractivity contribution in [1.82, 2.24) is 9.46 Å². The molecule has 2 rings (SSSR count). The van der Waals surface area contributed by atoms with E-state index in [2.05, 4.69) is 5.16 Å². The van der Waals surface area contributed by atoms with Gasteiger partial charge in [0.05, 0.1) is 0 Å². The lowest BCUT2D eigenvalue weighted by Crippen LogP contribution is -2.30. The third-order valence-corrected chi connectivity index (χ3v) is 5.72. The summed E-state index contributed by atoms with van der Waals surface area (Å²) in [4.78, 5) is 0.126. The van der Waals surface area contributed by atoms with Crippen molar-refractivity contribution < 1.29 is 12.9 Å². The topological polar surface area (TPSA) is 89.4 Å². The normalized spacial score (nSPS) is 13.6. The number of anilines is 1. The molecular formula is C14H19N3O3S. The maximum Gasteiger partial charge on any atom is 0.248 e. The first-order chi connectivity index (χ1) is 9.75. The summed E-state index contributed by atoms with van der Waals surface area (Å²) >= 11 is 0. The fraction of sp³-hybridized carbons (Fsp3) is 0.357. The predicted molar refractivity (Wildman–Crippen MR) is 80.2 cm³/mol. The monoisotopic (exact) mass is 309 g/mol. The zero-order valence-corrected chi connectivity index (χ0v) is 13.3. The molecule has 1 atom stereocenters. The molecule has 1 unspecified atom stereocenters. The summed E-state index contributed by atoms with van der Waals surface area (Å²) in [6.07, 6.45) is 0. The number of rotatable bonds is 4. The van der Waals surface area contributed by atoms with Crippen LogP contribution in [-0.4, -0.2) is 24.9 Å². The second-order valence-corrected chi connectivity index (χ2v) is 6.95. The van der Waals surface area contributed by atoms with Crippen molar-refractivity contribution in [2.24, 2.45) is 0 Å². The molecule has 6 nitrogen and oxygen atoms in total. The van der Waals surface area contributed by atoms with Crippen LogP contribution in [0.1, 0.15) is 30.0 Å². The van der Waals surface area contributed by atoms with Gasteiger partial charge < -0.3 is 10.3 Å². The maximum absolute atomic E-state index is 12.7. The molecule has 0 fully saturated rings. The van der Waals surface area contributed by atoms with E-state index >= 15 is 0 Å². The van der Waals surface area contributed by atoms with Gasteiger partial charge in [0.2, 0.25) is 10.0 Å². The van der Waals surface area contributed by atoms with Gasteiger partial charge in [0.1, 0.15) is 10.6 Å². The van der Waals surface area contributed by atoms with Crippen LogP contribution in [0.25, 0.3) is 0 Å². The van der Waals surface area contributed by atoms with Crippen LogP contribution in [0.3, 0.4) is 0 Å². The van der Waals surface area contributed by atoms with Crippen molar-refractivity contribution in [1.29, 1.82) is 0 Å². The Kier molecular flexibility index (Phi) is 4.06. The van der Waals surface area contributed by atoms with Crippen LogP contribution in [0.2, 0.25) is 0 Å². The van der Waals surface area contributed by atoms with Gasteiger partial charge in [-0.1, -0.05) is 17.3 Å². The SMILES string of the molecule is Cc1noc(C)c1S(=O)(=O)N(C)C(C)c1cccc(N)c1. The molecule has 2 aromatic rings. The van der Waals surface area contributed by atoms with Gasteiger partial charge in [0.25, 0.3) is 0 Å². The van der Waals surface area contributed by atoms with E-state index in [4.69, 9.17) is 10.3 Å². The summed E-state index contributed by atoms with van der Waals surface area (Å²) in [5.74, 6) is 0.291. The molecule has 0 radical (unpaired) electrons. The smallest absolute Gasteiger partial charge is 0.248 e. The van der Waals surface area contributed by atoms with Crippen LogP contribution in [0, 0.1) is 13.8 Å². The number of sulfonamides is 1. The third kappa shape index (κ3) is 2.79. The zero-order chi connectivity index (χ0) is 15.8. The van der Waals surface area contributed by atoms with E-state index < -0.39 is 10.0 Å². The highest BCUT2D eigenvalue weighted by Crippen LogP contribution is 2.29. The van der Waals surface area contributed by atoms with E-state index in [0.29, 0.717) is 17.1 Å². The van der Waals surface area contributed by atoms with E-state index in [1.54, 1.807) is 32.0 Å². The van der Waals surface area contributed by atoms with Gasteiger partial charge in [-0.05, 0) is 38.5 Å². The number of hydrogen-bond donors (Lipinski definition) is 1. The Bertz CT molecular complexity index is 733. The summed E-state index contributed by atoms with van der Waals surface area (Å²) < 4.78 is 31.7. The second kappa shape index (κ2) is 5.50. The summed E-state index contributed by atoms with van der Waals surface area (Å²) in [5, 5.41) is 3.71. The van der Waals surface area contributed by atoms with Gasteiger partial charge in [-0.2, -0.15) is 4.31 Å². The summed E-state index contributed by atoms with van der Waals surface area (Å²) in [6, 6.07) is 6.83. The Morgan fingerprint density at radius 3 is 2.52 bits per heavy atom. The van der Waals surface area contributed by atoms with Gasteiger partial charge in [-0.3, -0.25) is 0 Å². The molecule has 0 aliphatic rings. The molecule has 21 heavy (non-hydrogen) atoms. The Morgan fingerprint density at radius 1 is 1.33 bits per heavy atom. The minimum absolute atomic E-state index is 0.126. The number of nitrogens with zero attached hydrogens (tertiary/aromatic N) is 2. The lowest BCUT2D eigenvalue weighted by molar-refractivity contribution is 0.384. The highest BCUT2D eigenvalue weighted by molar-refractivity contribution is 7.89. The summed E-state index contributed by atoms with van der Waals surface area (Å²) in [6.45, 7) is 5.01. The minimum Gasteiger partial charge on any atom is -0.399 e. The van der Waals surface area contributed by atoms with E-state index in [1.165, 1.54) is 11.4 Å². The molecule has 0 saturated heterocycles. The van der Waals surface area contributed by atoms with Crippen molar-refractivity contribution in [3.63, 3.8) is 0 Å². The second-order valence-electron chi connectivity index (χ2n) is 5.02. The van der Waals surface area contributed by atoms with Crippen molar-refractivity contribution in [2.45, 2.75) is 31.7 Å². The average Bonchev–Trinajstić information content (AvgIpc) is 2.77. The number of aromatic nitrogens is 1. The zero-order valence-electron chi connectivity index (χ0n) is 12.5.